The average Bonchev–Trinajstić information content (AvgIpc) is 3.05. The number of hydrogen-bond donors (Lipinski definition) is 1. The van der Waals surface area contributed by atoms with Crippen LogP contribution in [0.5, 0.6) is 5.75 Å². The largest absolute Gasteiger partial charge is 0.478 e. The molecule has 7 nitrogen and oxygen atoms in total. The quantitative estimate of drug-likeness (QED) is 0.724. The van der Waals surface area contributed by atoms with Gasteiger partial charge in [-0.3, -0.25) is 4.79 Å². The molecular formula is C21H22ClN3O4S. The molecule has 2 amide bonds. The summed E-state index contributed by atoms with van der Waals surface area (Å²) in [7, 11) is 0. The summed E-state index contributed by atoms with van der Waals surface area (Å²) in [5.41, 5.74) is 0.131. The molecule has 0 atom stereocenters. The van der Waals surface area contributed by atoms with Gasteiger partial charge in [-0.15, -0.1) is 11.3 Å². The fourth-order valence-electron chi connectivity index (χ4n) is 3.08. The standard InChI is InChI=1S/C21H22ClN3O4S/c1-4-28-20(27)25-10-9-15-16(11-23)18(30-17(15)12-25)24-19(26)21(2,3)29-14-7-5-13(22)6-8-14/h5-8H,4,9-10,12H2,1-3H3,(H,24,26). The van der Waals surface area contributed by atoms with Crippen LogP contribution in [0.2, 0.25) is 5.02 Å². The first-order valence-corrected chi connectivity index (χ1v) is 10.7. The predicted octanol–water partition coefficient (Wildman–Crippen LogP) is 4.58. The van der Waals surface area contributed by atoms with Crippen LogP contribution in [-0.4, -0.2) is 35.7 Å². The van der Waals surface area contributed by atoms with Crippen molar-refractivity contribution in [3.63, 3.8) is 0 Å². The zero-order chi connectivity index (χ0) is 21.9. The van der Waals surface area contributed by atoms with Gasteiger partial charge in [0.2, 0.25) is 0 Å². The molecular weight excluding hydrogens is 426 g/mol. The van der Waals surface area contributed by atoms with Crippen molar-refractivity contribution in [2.24, 2.45) is 0 Å². The number of nitrogens with one attached hydrogen (secondary N) is 1. The molecule has 1 aromatic heterocycles. The van der Waals surface area contributed by atoms with Gasteiger partial charge in [0.15, 0.2) is 5.60 Å². The number of nitriles is 1. The molecule has 3 rings (SSSR count). The summed E-state index contributed by atoms with van der Waals surface area (Å²) in [4.78, 5) is 27.4. The molecule has 0 spiro atoms. The highest BCUT2D eigenvalue weighted by atomic mass is 35.5. The Morgan fingerprint density at radius 2 is 2.03 bits per heavy atom. The molecule has 0 saturated carbocycles. The topological polar surface area (TPSA) is 91.7 Å². The SMILES string of the molecule is CCOC(=O)N1CCc2c(sc(NC(=O)C(C)(C)Oc3ccc(Cl)cc3)c2C#N)C1. The molecule has 30 heavy (non-hydrogen) atoms. The molecule has 158 valence electrons. The average molecular weight is 448 g/mol. The van der Waals surface area contributed by atoms with Gasteiger partial charge in [0.25, 0.3) is 5.91 Å². The molecule has 2 heterocycles. The third kappa shape index (κ3) is 4.69. The van der Waals surface area contributed by atoms with Crippen LogP contribution in [-0.2, 0) is 22.5 Å². The van der Waals surface area contributed by atoms with E-state index in [1.807, 2.05) is 0 Å². The van der Waals surface area contributed by atoms with Crippen LogP contribution in [0.4, 0.5) is 9.80 Å². The first-order valence-electron chi connectivity index (χ1n) is 9.47. The molecule has 0 saturated heterocycles. The lowest BCUT2D eigenvalue weighted by atomic mass is 10.0. The fourth-order valence-corrected chi connectivity index (χ4v) is 4.41. The Bertz CT molecular complexity index is 995. The van der Waals surface area contributed by atoms with E-state index in [2.05, 4.69) is 11.4 Å². The van der Waals surface area contributed by atoms with Crippen LogP contribution in [0.25, 0.3) is 0 Å². The maximum absolute atomic E-state index is 12.9. The molecule has 2 aromatic rings. The Morgan fingerprint density at radius 1 is 1.33 bits per heavy atom. The van der Waals surface area contributed by atoms with E-state index in [4.69, 9.17) is 21.1 Å². The van der Waals surface area contributed by atoms with Gasteiger partial charge in [0.05, 0.1) is 18.7 Å². The lowest BCUT2D eigenvalue weighted by molar-refractivity contribution is -0.128. The van der Waals surface area contributed by atoms with Crippen LogP contribution < -0.4 is 10.1 Å². The number of thiophene rings is 1. The highest BCUT2D eigenvalue weighted by Crippen LogP contribution is 2.37. The van der Waals surface area contributed by atoms with Crippen LogP contribution in [0.1, 0.15) is 36.8 Å². The Balaban J connectivity index is 1.76. The molecule has 0 fully saturated rings. The summed E-state index contributed by atoms with van der Waals surface area (Å²) in [6.07, 6.45) is 0.159. The summed E-state index contributed by atoms with van der Waals surface area (Å²) in [6, 6.07) is 8.93. The number of carbonyl (C=O) groups excluding carboxylic acids is 2. The van der Waals surface area contributed by atoms with Gasteiger partial charge in [-0.2, -0.15) is 5.26 Å². The minimum Gasteiger partial charge on any atom is -0.478 e. The van der Waals surface area contributed by atoms with Gasteiger partial charge < -0.3 is 19.7 Å². The minimum absolute atomic E-state index is 0.306. The van der Waals surface area contributed by atoms with Crippen molar-refractivity contribution in [1.82, 2.24) is 4.90 Å². The Labute approximate surface area is 184 Å². The third-order valence-electron chi connectivity index (χ3n) is 4.66. The number of anilines is 1. The first kappa shape index (κ1) is 21.9. The third-order valence-corrected chi connectivity index (χ3v) is 6.04. The van der Waals surface area contributed by atoms with E-state index in [1.165, 1.54) is 11.3 Å². The zero-order valence-corrected chi connectivity index (χ0v) is 18.5. The van der Waals surface area contributed by atoms with Gasteiger partial charge >= 0.3 is 6.09 Å². The smallest absolute Gasteiger partial charge is 0.410 e. The minimum atomic E-state index is -1.18. The van der Waals surface area contributed by atoms with Crippen LogP contribution in [0.15, 0.2) is 24.3 Å². The fraction of sp³-hybridized carbons (Fsp3) is 0.381. The molecule has 1 aliphatic rings. The summed E-state index contributed by atoms with van der Waals surface area (Å²) in [6.45, 7) is 6.19. The molecule has 0 bridgehead atoms. The van der Waals surface area contributed by atoms with Crippen molar-refractivity contribution in [2.45, 2.75) is 39.3 Å². The molecule has 0 radical (unpaired) electrons. The number of carbonyl (C=O) groups is 2. The highest BCUT2D eigenvalue weighted by Gasteiger charge is 2.33. The number of halogens is 1. The van der Waals surface area contributed by atoms with Crippen molar-refractivity contribution in [1.29, 1.82) is 5.26 Å². The van der Waals surface area contributed by atoms with E-state index in [0.29, 0.717) is 47.5 Å². The van der Waals surface area contributed by atoms with E-state index >= 15 is 0 Å². The Kier molecular flexibility index (Phi) is 6.54. The van der Waals surface area contributed by atoms with Crippen LogP contribution >= 0.6 is 22.9 Å². The highest BCUT2D eigenvalue weighted by molar-refractivity contribution is 7.16. The molecule has 1 aromatic carbocycles. The maximum Gasteiger partial charge on any atom is 0.410 e. The van der Waals surface area contributed by atoms with Gasteiger partial charge in [-0.1, -0.05) is 11.6 Å². The number of ether oxygens (including phenoxy) is 2. The number of hydrogen-bond acceptors (Lipinski definition) is 6. The summed E-state index contributed by atoms with van der Waals surface area (Å²) in [5.74, 6) is 0.130. The van der Waals surface area contributed by atoms with E-state index < -0.39 is 5.60 Å². The van der Waals surface area contributed by atoms with E-state index in [-0.39, 0.29) is 12.0 Å². The second kappa shape index (κ2) is 8.94. The van der Waals surface area contributed by atoms with Crippen molar-refractivity contribution < 1.29 is 19.1 Å². The van der Waals surface area contributed by atoms with E-state index in [1.54, 1.807) is 49.9 Å². The van der Waals surface area contributed by atoms with Crippen molar-refractivity contribution in [3.8, 4) is 11.8 Å². The van der Waals surface area contributed by atoms with Crippen molar-refractivity contribution >= 4 is 39.9 Å². The molecule has 1 N–H and O–H groups in total. The van der Waals surface area contributed by atoms with E-state index in [0.717, 1.165) is 10.4 Å². The number of benzene rings is 1. The summed E-state index contributed by atoms with van der Waals surface area (Å²) >= 11 is 7.19. The Morgan fingerprint density at radius 3 is 2.67 bits per heavy atom. The van der Waals surface area contributed by atoms with E-state index in [9.17, 15) is 14.9 Å². The lowest BCUT2D eigenvalue weighted by Crippen LogP contribution is -2.42. The van der Waals surface area contributed by atoms with Gasteiger partial charge in [0, 0.05) is 16.4 Å². The van der Waals surface area contributed by atoms with Gasteiger partial charge in [-0.25, -0.2) is 4.79 Å². The zero-order valence-electron chi connectivity index (χ0n) is 17.0. The lowest BCUT2D eigenvalue weighted by Gasteiger charge is -2.25. The van der Waals surface area contributed by atoms with Crippen molar-refractivity contribution in [3.05, 3.63) is 45.3 Å². The monoisotopic (exact) mass is 447 g/mol. The molecule has 0 aliphatic carbocycles. The number of nitrogens with zero attached hydrogens (tertiary/aromatic N) is 2. The molecule has 0 unspecified atom stereocenters. The van der Waals surface area contributed by atoms with Gasteiger partial charge in [0.1, 0.15) is 16.8 Å². The first-order chi connectivity index (χ1) is 14.2. The summed E-state index contributed by atoms with van der Waals surface area (Å²) < 4.78 is 10.9. The summed E-state index contributed by atoms with van der Waals surface area (Å²) in [5, 5.41) is 13.5. The molecule has 1 aliphatic heterocycles. The number of rotatable bonds is 5. The number of amides is 2. The molecule has 9 heteroatoms. The second-order valence-electron chi connectivity index (χ2n) is 7.21. The maximum atomic E-state index is 12.9. The predicted molar refractivity (Wildman–Crippen MR) is 115 cm³/mol. The van der Waals surface area contributed by atoms with Crippen LogP contribution in [0, 0.1) is 11.3 Å². The van der Waals surface area contributed by atoms with Crippen molar-refractivity contribution in [2.75, 3.05) is 18.5 Å². The van der Waals surface area contributed by atoms with Crippen LogP contribution in [0.3, 0.4) is 0 Å². The Hall–Kier alpha value is -2.76. The number of fused-ring (bicyclic) bond motifs is 1. The van der Waals surface area contributed by atoms with Gasteiger partial charge in [-0.05, 0) is 57.0 Å². The second-order valence-corrected chi connectivity index (χ2v) is 8.75. The normalized spacial score (nSPS) is 13.2.